The Kier molecular flexibility index (Phi) is 4.83. The summed E-state index contributed by atoms with van der Waals surface area (Å²) in [5, 5.41) is 16.6. The number of hydrogen-bond acceptors (Lipinski definition) is 4. The lowest BCUT2D eigenvalue weighted by atomic mass is 10.2. The summed E-state index contributed by atoms with van der Waals surface area (Å²) in [7, 11) is -3.87. The highest BCUT2D eigenvalue weighted by Gasteiger charge is 2.15. The maximum absolute atomic E-state index is 11.5. The summed E-state index contributed by atoms with van der Waals surface area (Å²) in [5.41, 5.74) is 0.149. The van der Waals surface area contributed by atoms with Crippen molar-refractivity contribution >= 4 is 21.6 Å². The molecule has 18 heavy (non-hydrogen) atoms. The highest BCUT2D eigenvalue weighted by Crippen LogP contribution is 2.19. The van der Waals surface area contributed by atoms with Crippen LogP contribution in [0.15, 0.2) is 29.2 Å². The number of nitrogens with one attached hydrogen (secondary N) is 1. The third-order valence-corrected chi connectivity index (χ3v) is 3.23. The molecule has 1 amide bonds. The van der Waals surface area contributed by atoms with E-state index >= 15 is 0 Å². The van der Waals surface area contributed by atoms with Crippen LogP contribution in [-0.4, -0.2) is 25.5 Å². The van der Waals surface area contributed by atoms with Crippen LogP contribution in [0.4, 0.5) is 5.69 Å². The Morgan fingerprint density at radius 1 is 1.44 bits per heavy atom. The lowest BCUT2D eigenvalue weighted by Crippen LogP contribution is -2.19. The van der Waals surface area contributed by atoms with E-state index in [1.165, 1.54) is 18.2 Å². The van der Waals surface area contributed by atoms with Gasteiger partial charge in [-0.1, -0.05) is 12.1 Å². The number of carbonyl (C=O) groups is 1. The number of aliphatic hydroxyl groups is 1. The van der Waals surface area contributed by atoms with Gasteiger partial charge in [0.1, 0.15) is 4.90 Å². The fraction of sp³-hybridized carbons (Fsp3) is 0.364. The second kappa shape index (κ2) is 5.94. The fourth-order valence-corrected chi connectivity index (χ4v) is 2.06. The van der Waals surface area contributed by atoms with Crippen molar-refractivity contribution in [1.29, 1.82) is 0 Å². The van der Waals surface area contributed by atoms with Gasteiger partial charge >= 0.3 is 0 Å². The molecule has 1 aromatic rings. The lowest BCUT2D eigenvalue weighted by molar-refractivity contribution is -0.116. The predicted molar refractivity (Wildman–Crippen MR) is 67.4 cm³/mol. The molecular formula is C11H16N2O4S. The maximum atomic E-state index is 11.5. The molecule has 6 nitrogen and oxygen atoms in total. The SMILES string of the molecule is CC(O)CCC(=O)Nc1ccccc1S(N)(=O)=O. The fourth-order valence-electron chi connectivity index (χ4n) is 1.37. The summed E-state index contributed by atoms with van der Waals surface area (Å²) in [6.07, 6.45) is -0.163. The number of carbonyl (C=O) groups excluding carboxylic acids is 1. The third-order valence-electron chi connectivity index (χ3n) is 2.26. The molecule has 1 atom stereocenters. The van der Waals surface area contributed by atoms with Gasteiger partial charge in [0.15, 0.2) is 0 Å². The number of sulfonamides is 1. The van der Waals surface area contributed by atoms with Gasteiger partial charge in [-0.05, 0) is 25.5 Å². The summed E-state index contributed by atoms with van der Waals surface area (Å²) < 4.78 is 22.6. The summed E-state index contributed by atoms with van der Waals surface area (Å²) in [6.45, 7) is 1.57. The van der Waals surface area contributed by atoms with Crippen molar-refractivity contribution in [2.75, 3.05) is 5.32 Å². The summed E-state index contributed by atoms with van der Waals surface area (Å²) in [4.78, 5) is 11.4. The molecule has 0 aliphatic rings. The average Bonchev–Trinajstić information content (AvgIpc) is 2.25. The quantitative estimate of drug-likeness (QED) is 0.722. The van der Waals surface area contributed by atoms with Crippen molar-refractivity contribution in [3.8, 4) is 0 Å². The molecule has 4 N–H and O–H groups in total. The number of nitrogens with two attached hydrogens (primary N) is 1. The number of rotatable bonds is 5. The van der Waals surface area contributed by atoms with Crippen molar-refractivity contribution in [2.24, 2.45) is 5.14 Å². The summed E-state index contributed by atoms with van der Waals surface area (Å²) in [5.74, 6) is -0.369. The zero-order valence-electron chi connectivity index (χ0n) is 9.96. The van der Waals surface area contributed by atoms with Crippen molar-refractivity contribution < 1.29 is 18.3 Å². The van der Waals surface area contributed by atoms with Gasteiger partial charge in [-0.15, -0.1) is 0 Å². The van der Waals surface area contributed by atoms with E-state index in [0.29, 0.717) is 6.42 Å². The minimum atomic E-state index is -3.87. The molecule has 100 valence electrons. The largest absolute Gasteiger partial charge is 0.393 e. The second-order valence-corrected chi connectivity index (χ2v) is 5.51. The number of para-hydroxylation sites is 1. The van der Waals surface area contributed by atoms with Gasteiger partial charge in [0.2, 0.25) is 15.9 Å². The van der Waals surface area contributed by atoms with Crippen LogP contribution in [0.25, 0.3) is 0 Å². The van der Waals surface area contributed by atoms with Crippen LogP contribution in [0.5, 0.6) is 0 Å². The van der Waals surface area contributed by atoms with E-state index in [4.69, 9.17) is 10.2 Å². The topological polar surface area (TPSA) is 109 Å². The number of primary sulfonamides is 1. The molecule has 1 unspecified atom stereocenters. The summed E-state index contributed by atoms with van der Waals surface area (Å²) >= 11 is 0. The minimum absolute atomic E-state index is 0.108. The zero-order valence-corrected chi connectivity index (χ0v) is 10.8. The second-order valence-electron chi connectivity index (χ2n) is 3.98. The van der Waals surface area contributed by atoms with Crippen molar-refractivity contribution in [1.82, 2.24) is 0 Å². The van der Waals surface area contributed by atoms with Crippen LogP contribution in [-0.2, 0) is 14.8 Å². The zero-order chi connectivity index (χ0) is 13.8. The Morgan fingerprint density at radius 2 is 2.06 bits per heavy atom. The molecule has 0 aliphatic heterocycles. The molecule has 0 saturated carbocycles. The highest BCUT2D eigenvalue weighted by atomic mass is 32.2. The van der Waals surface area contributed by atoms with E-state index in [9.17, 15) is 13.2 Å². The van der Waals surface area contributed by atoms with Crippen LogP contribution in [0.1, 0.15) is 19.8 Å². The van der Waals surface area contributed by atoms with Crippen LogP contribution in [0.3, 0.4) is 0 Å². The van der Waals surface area contributed by atoms with Gasteiger partial charge < -0.3 is 10.4 Å². The molecule has 7 heteroatoms. The Balaban J connectivity index is 2.82. The number of amides is 1. The maximum Gasteiger partial charge on any atom is 0.240 e. The standard InChI is InChI=1S/C11H16N2O4S/c1-8(14)6-7-11(15)13-9-4-2-3-5-10(9)18(12,16)17/h2-5,8,14H,6-7H2,1H3,(H,13,15)(H2,12,16,17). The van der Waals surface area contributed by atoms with E-state index in [0.717, 1.165) is 0 Å². The monoisotopic (exact) mass is 272 g/mol. The molecule has 0 spiro atoms. The molecule has 0 radical (unpaired) electrons. The van der Waals surface area contributed by atoms with Crippen LogP contribution in [0, 0.1) is 0 Å². The van der Waals surface area contributed by atoms with E-state index in [1.54, 1.807) is 13.0 Å². The van der Waals surface area contributed by atoms with Crippen LogP contribution >= 0.6 is 0 Å². The number of aliphatic hydroxyl groups excluding tert-OH is 1. The van der Waals surface area contributed by atoms with Gasteiger partial charge in [0.05, 0.1) is 11.8 Å². The minimum Gasteiger partial charge on any atom is -0.393 e. The normalized spacial score (nSPS) is 13.1. The molecule has 0 aliphatic carbocycles. The molecule has 1 rings (SSSR count). The molecule has 0 heterocycles. The van der Waals surface area contributed by atoms with Gasteiger partial charge in [0, 0.05) is 6.42 Å². The van der Waals surface area contributed by atoms with E-state index in [1.807, 2.05) is 0 Å². The molecule has 1 aromatic carbocycles. The van der Waals surface area contributed by atoms with E-state index in [2.05, 4.69) is 5.32 Å². The first-order valence-corrected chi connectivity index (χ1v) is 6.95. The first-order valence-electron chi connectivity index (χ1n) is 5.40. The Hall–Kier alpha value is -1.44. The molecular weight excluding hydrogens is 256 g/mol. The van der Waals surface area contributed by atoms with E-state index in [-0.39, 0.29) is 22.9 Å². The first kappa shape index (κ1) is 14.6. The average molecular weight is 272 g/mol. The molecule has 0 aromatic heterocycles. The predicted octanol–water partition coefficient (Wildman–Crippen LogP) is 0.434. The number of anilines is 1. The third kappa shape index (κ3) is 4.44. The Bertz CT molecular complexity index is 526. The van der Waals surface area contributed by atoms with Crippen LogP contribution < -0.4 is 10.5 Å². The first-order chi connectivity index (χ1) is 8.30. The van der Waals surface area contributed by atoms with Gasteiger partial charge in [-0.25, -0.2) is 13.6 Å². The van der Waals surface area contributed by atoms with Crippen molar-refractivity contribution in [2.45, 2.75) is 30.8 Å². The van der Waals surface area contributed by atoms with Crippen molar-refractivity contribution in [3.63, 3.8) is 0 Å². The number of benzene rings is 1. The van der Waals surface area contributed by atoms with Crippen LogP contribution in [0.2, 0.25) is 0 Å². The van der Waals surface area contributed by atoms with Gasteiger partial charge in [-0.2, -0.15) is 0 Å². The van der Waals surface area contributed by atoms with E-state index < -0.39 is 16.1 Å². The smallest absolute Gasteiger partial charge is 0.240 e. The Morgan fingerprint density at radius 3 is 2.61 bits per heavy atom. The Labute approximate surface area is 106 Å². The lowest BCUT2D eigenvalue weighted by Gasteiger charge is -2.09. The molecule has 0 saturated heterocycles. The molecule has 0 bridgehead atoms. The molecule has 0 fully saturated rings. The van der Waals surface area contributed by atoms with Gasteiger partial charge in [0.25, 0.3) is 0 Å². The number of hydrogen-bond donors (Lipinski definition) is 3. The van der Waals surface area contributed by atoms with Crippen molar-refractivity contribution in [3.05, 3.63) is 24.3 Å². The highest BCUT2D eigenvalue weighted by molar-refractivity contribution is 7.89. The summed E-state index contributed by atoms with van der Waals surface area (Å²) in [6, 6.07) is 5.89. The van der Waals surface area contributed by atoms with Gasteiger partial charge in [-0.3, -0.25) is 4.79 Å².